The summed E-state index contributed by atoms with van der Waals surface area (Å²) in [6.45, 7) is 3.80. The summed E-state index contributed by atoms with van der Waals surface area (Å²) in [6.07, 6.45) is 4.67. The van der Waals surface area contributed by atoms with Crippen LogP contribution in [-0.2, 0) is 9.47 Å². The van der Waals surface area contributed by atoms with Crippen LogP contribution in [0.2, 0.25) is 0 Å². The van der Waals surface area contributed by atoms with Gasteiger partial charge in [0.1, 0.15) is 6.10 Å². The summed E-state index contributed by atoms with van der Waals surface area (Å²) >= 11 is 0. The molecule has 1 spiro atoms. The number of nitrogens with zero attached hydrogens (tertiary/aromatic N) is 3. The van der Waals surface area contributed by atoms with E-state index in [2.05, 4.69) is 18.2 Å². The van der Waals surface area contributed by atoms with Crippen molar-refractivity contribution >= 4 is 5.90 Å². The van der Waals surface area contributed by atoms with Gasteiger partial charge in [0.05, 0.1) is 24.1 Å². The SMILES string of the molecule is CCC=C(C)C1OC23CCCCC2C(C#N)(C#N)C1(C#N)C(=N)O3. The molecule has 0 amide bonds. The fourth-order valence-electron chi connectivity index (χ4n) is 4.69. The average Bonchev–Trinajstić information content (AvgIpc) is 2.59. The highest BCUT2D eigenvalue weighted by Crippen LogP contribution is 2.66. The molecule has 4 rings (SSSR count). The molecule has 3 aliphatic heterocycles. The number of nitrogens with one attached hydrogen (secondary N) is 1. The van der Waals surface area contributed by atoms with Crippen molar-refractivity contribution < 1.29 is 9.47 Å². The molecule has 4 fully saturated rings. The molecule has 3 saturated heterocycles. The van der Waals surface area contributed by atoms with E-state index in [1.807, 2.05) is 19.9 Å². The van der Waals surface area contributed by atoms with Crippen molar-refractivity contribution in [1.29, 1.82) is 21.2 Å². The smallest absolute Gasteiger partial charge is 0.218 e. The summed E-state index contributed by atoms with van der Waals surface area (Å²) in [6, 6.07) is 6.37. The van der Waals surface area contributed by atoms with Crippen LogP contribution < -0.4 is 0 Å². The summed E-state index contributed by atoms with van der Waals surface area (Å²) in [5.41, 5.74) is -2.59. The normalized spacial score (nSPS) is 39.8. The third-order valence-corrected chi connectivity index (χ3v) is 5.76. The van der Waals surface area contributed by atoms with Gasteiger partial charge in [-0.1, -0.05) is 19.4 Å². The Morgan fingerprint density at radius 1 is 1.29 bits per heavy atom. The van der Waals surface area contributed by atoms with Crippen molar-refractivity contribution in [3.05, 3.63) is 11.6 Å². The lowest BCUT2D eigenvalue weighted by Crippen LogP contribution is -2.76. The van der Waals surface area contributed by atoms with Crippen molar-refractivity contribution in [1.82, 2.24) is 0 Å². The molecule has 24 heavy (non-hydrogen) atoms. The molecule has 124 valence electrons. The number of rotatable bonds is 2. The van der Waals surface area contributed by atoms with E-state index in [0.717, 1.165) is 24.8 Å². The lowest BCUT2D eigenvalue weighted by molar-refractivity contribution is -0.350. The maximum absolute atomic E-state index is 10.0. The van der Waals surface area contributed by atoms with Crippen molar-refractivity contribution in [3.63, 3.8) is 0 Å². The monoisotopic (exact) mass is 324 g/mol. The summed E-state index contributed by atoms with van der Waals surface area (Å²) in [5.74, 6) is -1.97. The Hall–Kier alpha value is -2.36. The van der Waals surface area contributed by atoms with Gasteiger partial charge in [0.2, 0.25) is 11.7 Å². The molecule has 4 aliphatic rings. The van der Waals surface area contributed by atoms with Crippen LogP contribution in [-0.4, -0.2) is 17.8 Å². The van der Waals surface area contributed by atoms with Gasteiger partial charge in [-0.3, -0.25) is 5.41 Å². The summed E-state index contributed by atoms with van der Waals surface area (Å²) < 4.78 is 12.1. The molecule has 0 radical (unpaired) electrons. The Labute approximate surface area is 141 Å². The van der Waals surface area contributed by atoms with Gasteiger partial charge in [-0.25, -0.2) is 0 Å². The minimum atomic E-state index is -1.73. The molecule has 0 aromatic heterocycles. The molecule has 0 aromatic rings. The van der Waals surface area contributed by atoms with Gasteiger partial charge >= 0.3 is 0 Å². The topological polar surface area (TPSA) is 114 Å². The number of hydrogen-bond acceptors (Lipinski definition) is 6. The van der Waals surface area contributed by atoms with Gasteiger partial charge < -0.3 is 9.47 Å². The predicted molar refractivity (Wildman–Crippen MR) is 84.1 cm³/mol. The second-order valence-corrected chi connectivity index (χ2v) is 6.85. The Balaban J connectivity index is 2.31. The second kappa shape index (κ2) is 5.33. The molecule has 1 saturated carbocycles. The van der Waals surface area contributed by atoms with Crippen LogP contribution in [0.15, 0.2) is 11.6 Å². The molecular weight excluding hydrogens is 304 g/mol. The number of nitriles is 3. The summed E-state index contributed by atoms with van der Waals surface area (Å²) in [5, 5.41) is 38.4. The molecule has 6 nitrogen and oxygen atoms in total. The highest BCUT2D eigenvalue weighted by molar-refractivity contribution is 5.89. The number of fused-ring (bicyclic) bond motifs is 2. The number of allylic oxidation sites excluding steroid dienone is 1. The molecule has 4 unspecified atom stereocenters. The third kappa shape index (κ3) is 1.63. The molecule has 6 heteroatoms. The Kier molecular flexibility index (Phi) is 3.67. The van der Waals surface area contributed by atoms with Gasteiger partial charge in [-0.15, -0.1) is 0 Å². The summed E-state index contributed by atoms with van der Waals surface area (Å²) in [7, 11) is 0. The van der Waals surface area contributed by atoms with Crippen LogP contribution >= 0.6 is 0 Å². The Morgan fingerprint density at radius 3 is 2.58 bits per heavy atom. The predicted octanol–water partition coefficient (Wildman–Crippen LogP) is 3.18. The number of hydrogen-bond donors (Lipinski definition) is 1. The molecule has 1 aliphatic carbocycles. The van der Waals surface area contributed by atoms with Gasteiger partial charge in [0.25, 0.3) is 0 Å². The van der Waals surface area contributed by atoms with Crippen LogP contribution in [0.25, 0.3) is 0 Å². The molecule has 4 atom stereocenters. The number of ether oxygens (including phenoxy) is 2. The fourth-order valence-corrected chi connectivity index (χ4v) is 4.69. The molecule has 3 heterocycles. The van der Waals surface area contributed by atoms with Crippen LogP contribution in [0.3, 0.4) is 0 Å². The van der Waals surface area contributed by atoms with E-state index in [9.17, 15) is 15.8 Å². The zero-order chi connectivity index (χ0) is 17.6. The molecule has 1 N–H and O–H groups in total. The van der Waals surface area contributed by atoms with Crippen LogP contribution in [0.4, 0.5) is 0 Å². The van der Waals surface area contributed by atoms with E-state index in [1.165, 1.54) is 0 Å². The largest absolute Gasteiger partial charge is 0.447 e. The molecule has 0 aromatic carbocycles. The first-order valence-electron chi connectivity index (χ1n) is 8.34. The average molecular weight is 324 g/mol. The second-order valence-electron chi connectivity index (χ2n) is 6.85. The molecule has 2 bridgehead atoms. The highest BCUT2D eigenvalue weighted by Gasteiger charge is 2.80. The van der Waals surface area contributed by atoms with Crippen LogP contribution in [0.1, 0.15) is 46.0 Å². The minimum Gasteiger partial charge on any atom is -0.447 e. The van der Waals surface area contributed by atoms with Crippen molar-refractivity contribution in [2.45, 2.75) is 57.8 Å². The highest BCUT2D eigenvalue weighted by atomic mass is 16.7. The van der Waals surface area contributed by atoms with Crippen LogP contribution in [0, 0.1) is 56.2 Å². The maximum atomic E-state index is 10.0. The Morgan fingerprint density at radius 2 is 2.00 bits per heavy atom. The maximum Gasteiger partial charge on any atom is 0.218 e. The van der Waals surface area contributed by atoms with Gasteiger partial charge in [0.15, 0.2) is 10.8 Å². The van der Waals surface area contributed by atoms with E-state index in [0.29, 0.717) is 12.8 Å². The zero-order valence-electron chi connectivity index (χ0n) is 13.9. The van der Waals surface area contributed by atoms with Gasteiger partial charge in [0, 0.05) is 6.42 Å². The van der Waals surface area contributed by atoms with Crippen molar-refractivity contribution in [2.24, 2.45) is 16.7 Å². The van der Waals surface area contributed by atoms with Gasteiger partial charge in [-0.05, 0) is 31.8 Å². The first-order valence-corrected chi connectivity index (χ1v) is 8.34. The minimum absolute atomic E-state index is 0.300. The van der Waals surface area contributed by atoms with Crippen molar-refractivity contribution in [2.75, 3.05) is 0 Å². The van der Waals surface area contributed by atoms with Crippen molar-refractivity contribution in [3.8, 4) is 18.2 Å². The van der Waals surface area contributed by atoms with E-state index in [4.69, 9.17) is 14.9 Å². The lowest BCUT2D eigenvalue weighted by atomic mass is 9.48. The standard InChI is InChI=1S/C18H20N4O2/c1-3-6-12(2)14-17(11-21)15(22)24-18(23-14)8-5-4-7-13(18)16(17,9-19)10-20/h6,13-14,22H,3-5,7-8H2,1-2H3. The Bertz CT molecular complexity index is 724. The van der Waals surface area contributed by atoms with E-state index in [1.54, 1.807) is 0 Å². The molecular formula is C18H20N4O2. The lowest BCUT2D eigenvalue weighted by Gasteiger charge is -2.63. The first kappa shape index (κ1) is 16.5. The quantitative estimate of drug-likeness (QED) is 0.783. The third-order valence-electron chi connectivity index (χ3n) is 5.76. The fraction of sp³-hybridized carbons (Fsp3) is 0.667. The van der Waals surface area contributed by atoms with Crippen LogP contribution in [0.5, 0.6) is 0 Å². The van der Waals surface area contributed by atoms with Gasteiger partial charge in [-0.2, -0.15) is 15.8 Å². The van der Waals surface area contributed by atoms with E-state index in [-0.39, 0.29) is 5.90 Å². The first-order chi connectivity index (χ1) is 11.5. The zero-order valence-corrected chi connectivity index (χ0v) is 13.9. The van der Waals surface area contributed by atoms with E-state index < -0.39 is 28.6 Å². The summed E-state index contributed by atoms with van der Waals surface area (Å²) in [4.78, 5) is 0. The van der Waals surface area contributed by atoms with E-state index >= 15 is 0 Å².